The van der Waals surface area contributed by atoms with Gasteiger partial charge in [-0.15, -0.1) is 0 Å². The SMILES string of the molecule is O=C(NCC1CCS(=O)(=O)C1)c1cccc2cn[nH]c12. The van der Waals surface area contributed by atoms with Crippen LogP contribution in [-0.4, -0.2) is 42.6 Å². The largest absolute Gasteiger partial charge is 0.352 e. The number of carbonyl (C=O) groups is 1. The molecule has 2 aromatic rings. The highest BCUT2D eigenvalue weighted by atomic mass is 32.2. The number of aromatic amines is 1. The molecule has 0 saturated carbocycles. The monoisotopic (exact) mass is 293 g/mol. The second-order valence-corrected chi connectivity index (χ2v) is 7.35. The van der Waals surface area contributed by atoms with E-state index in [2.05, 4.69) is 15.5 Å². The van der Waals surface area contributed by atoms with Crippen molar-refractivity contribution in [3.05, 3.63) is 30.0 Å². The van der Waals surface area contributed by atoms with Gasteiger partial charge in [0.25, 0.3) is 5.91 Å². The maximum Gasteiger partial charge on any atom is 0.253 e. The van der Waals surface area contributed by atoms with Gasteiger partial charge in [0.15, 0.2) is 9.84 Å². The van der Waals surface area contributed by atoms with Crippen molar-refractivity contribution < 1.29 is 13.2 Å². The van der Waals surface area contributed by atoms with Gasteiger partial charge in [0, 0.05) is 11.9 Å². The lowest BCUT2D eigenvalue weighted by molar-refractivity contribution is 0.0950. The molecule has 3 rings (SSSR count). The van der Waals surface area contributed by atoms with Crippen LogP contribution < -0.4 is 5.32 Å². The van der Waals surface area contributed by atoms with Crippen LogP contribution in [0.5, 0.6) is 0 Å². The Kier molecular flexibility index (Phi) is 3.21. The minimum absolute atomic E-state index is 0.0184. The van der Waals surface area contributed by atoms with E-state index in [-0.39, 0.29) is 23.3 Å². The Bertz CT molecular complexity index is 751. The zero-order valence-corrected chi connectivity index (χ0v) is 11.6. The average Bonchev–Trinajstić information content (AvgIpc) is 3.01. The lowest BCUT2D eigenvalue weighted by Gasteiger charge is -2.10. The summed E-state index contributed by atoms with van der Waals surface area (Å²) in [6.07, 6.45) is 2.28. The number of nitrogens with zero attached hydrogens (tertiary/aromatic N) is 1. The Hall–Kier alpha value is -1.89. The van der Waals surface area contributed by atoms with Crippen LogP contribution in [-0.2, 0) is 9.84 Å². The highest BCUT2D eigenvalue weighted by Crippen LogP contribution is 2.18. The zero-order valence-electron chi connectivity index (χ0n) is 10.8. The number of hydrogen-bond donors (Lipinski definition) is 2. The van der Waals surface area contributed by atoms with Gasteiger partial charge in [0.05, 0.1) is 28.8 Å². The molecule has 1 fully saturated rings. The van der Waals surface area contributed by atoms with Gasteiger partial charge in [-0.1, -0.05) is 12.1 Å². The number of fused-ring (bicyclic) bond motifs is 1. The Morgan fingerprint density at radius 3 is 3.05 bits per heavy atom. The van der Waals surface area contributed by atoms with Crippen molar-refractivity contribution in [2.45, 2.75) is 6.42 Å². The molecule has 6 nitrogen and oxygen atoms in total. The predicted molar refractivity (Wildman–Crippen MR) is 75.2 cm³/mol. The van der Waals surface area contributed by atoms with E-state index in [1.165, 1.54) is 0 Å². The van der Waals surface area contributed by atoms with Crippen molar-refractivity contribution in [1.82, 2.24) is 15.5 Å². The molecule has 7 heteroatoms. The highest BCUT2D eigenvalue weighted by molar-refractivity contribution is 7.91. The third kappa shape index (κ3) is 2.53. The van der Waals surface area contributed by atoms with Crippen LogP contribution in [0.3, 0.4) is 0 Å². The van der Waals surface area contributed by atoms with Crippen molar-refractivity contribution >= 4 is 26.6 Å². The van der Waals surface area contributed by atoms with E-state index in [1.54, 1.807) is 18.3 Å². The number of hydrogen-bond acceptors (Lipinski definition) is 4. The average molecular weight is 293 g/mol. The molecule has 1 unspecified atom stereocenters. The number of aromatic nitrogens is 2. The summed E-state index contributed by atoms with van der Waals surface area (Å²) in [6, 6.07) is 5.40. The van der Waals surface area contributed by atoms with Gasteiger partial charge in [-0.3, -0.25) is 9.89 Å². The molecule has 106 valence electrons. The summed E-state index contributed by atoms with van der Waals surface area (Å²) in [5.74, 6) is 0.208. The van der Waals surface area contributed by atoms with E-state index < -0.39 is 9.84 Å². The van der Waals surface area contributed by atoms with E-state index in [0.29, 0.717) is 24.0 Å². The molecule has 0 spiro atoms. The van der Waals surface area contributed by atoms with Gasteiger partial charge in [-0.2, -0.15) is 5.10 Å². The third-order valence-electron chi connectivity index (χ3n) is 3.60. The van der Waals surface area contributed by atoms with Crippen LogP contribution in [0.4, 0.5) is 0 Å². The standard InChI is InChI=1S/C13H15N3O3S/c17-13(14-6-9-4-5-20(18,19)8-9)11-3-1-2-10-7-15-16-12(10)11/h1-3,7,9H,4-6,8H2,(H,14,17)(H,15,16). The van der Waals surface area contributed by atoms with Crippen molar-refractivity contribution in [3.8, 4) is 0 Å². The number of carbonyl (C=O) groups excluding carboxylic acids is 1. The van der Waals surface area contributed by atoms with Gasteiger partial charge in [-0.25, -0.2) is 8.42 Å². The molecule has 0 aliphatic carbocycles. The molecule has 20 heavy (non-hydrogen) atoms. The zero-order chi connectivity index (χ0) is 14.2. The van der Waals surface area contributed by atoms with Crippen LogP contribution in [0.2, 0.25) is 0 Å². The first-order valence-corrected chi connectivity index (χ1v) is 8.28. The van der Waals surface area contributed by atoms with Crippen molar-refractivity contribution in [3.63, 3.8) is 0 Å². The van der Waals surface area contributed by atoms with Crippen LogP contribution in [0.15, 0.2) is 24.4 Å². The number of nitrogens with one attached hydrogen (secondary N) is 2. The number of para-hydroxylation sites is 1. The maximum absolute atomic E-state index is 12.2. The molecule has 1 amide bonds. The lowest BCUT2D eigenvalue weighted by atomic mass is 10.1. The summed E-state index contributed by atoms with van der Waals surface area (Å²) in [6.45, 7) is 0.391. The summed E-state index contributed by atoms with van der Waals surface area (Å²) >= 11 is 0. The lowest BCUT2D eigenvalue weighted by Crippen LogP contribution is -2.30. The van der Waals surface area contributed by atoms with Crippen molar-refractivity contribution in [1.29, 1.82) is 0 Å². The molecule has 1 aliphatic heterocycles. The van der Waals surface area contributed by atoms with Crippen LogP contribution >= 0.6 is 0 Å². The number of sulfone groups is 1. The van der Waals surface area contributed by atoms with Gasteiger partial charge >= 0.3 is 0 Å². The first kappa shape index (κ1) is 13.1. The fourth-order valence-electron chi connectivity index (χ4n) is 2.52. The first-order chi connectivity index (χ1) is 9.55. The summed E-state index contributed by atoms with van der Waals surface area (Å²) in [5, 5.41) is 10.4. The van der Waals surface area contributed by atoms with E-state index in [4.69, 9.17) is 0 Å². The molecule has 1 aliphatic rings. The van der Waals surface area contributed by atoms with E-state index in [1.807, 2.05) is 6.07 Å². The minimum Gasteiger partial charge on any atom is -0.352 e. The summed E-state index contributed by atoms with van der Waals surface area (Å²) in [4.78, 5) is 12.2. The fraction of sp³-hybridized carbons (Fsp3) is 0.385. The molecule has 1 atom stereocenters. The summed E-state index contributed by atoms with van der Waals surface area (Å²) in [5.41, 5.74) is 1.23. The summed E-state index contributed by atoms with van der Waals surface area (Å²) in [7, 11) is -2.90. The predicted octanol–water partition coefficient (Wildman–Crippen LogP) is 0.727. The van der Waals surface area contributed by atoms with Crippen molar-refractivity contribution in [2.24, 2.45) is 5.92 Å². The molecule has 0 bridgehead atoms. The van der Waals surface area contributed by atoms with Crippen LogP contribution in [0.1, 0.15) is 16.8 Å². The van der Waals surface area contributed by atoms with Gasteiger partial charge in [0.2, 0.25) is 0 Å². The number of rotatable bonds is 3. The topological polar surface area (TPSA) is 91.9 Å². The molecule has 2 N–H and O–H groups in total. The van der Waals surface area contributed by atoms with E-state index >= 15 is 0 Å². The Labute approximate surface area is 116 Å². The Balaban J connectivity index is 1.69. The first-order valence-electron chi connectivity index (χ1n) is 6.46. The fourth-order valence-corrected chi connectivity index (χ4v) is 4.39. The van der Waals surface area contributed by atoms with Crippen molar-refractivity contribution in [2.75, 3.05) is 18.1 Å². The van der Waals surface area contributed by atoms with Crippen LogP contribution in [0.25, 0.3) is 10.9 Å². The Morgan fingerprint density at radius 2 is 2.30 bits per heavy atom. The number of H-pyrrole nitrogens is 1. The normalized spacial score (nSPS) is 21.1. The second kappa shape index (κ2) is 4.90. The maximum atomic E-state index is 12.2. The molecule has 1 aromatic heterocycles. The summed E-state index contributed by atoms with van der Waals surface area (Å²) < 4.78 is 22.7. The second-order valence-electron chi connectivity index (χ2n) is 5.12. The highest BCUT2D eigenvalue weighted by Gasteiger charge is 2.28. The third-order valence-corrected chi connectivity index (χ3v) is 5.44. The van der Waals surface area contributed by atoms with E-state index in [0.717, 1.165) is 5.39 Å². The van der Waals surface area contributed by atoms with Gasteiger partial charge < -0.3 is 5.32 Å². The quantitative estimate of drug-likeness (QED) is 0.872. The Morgan fingerprint density at radius 1 is 1.45 bits per heavy atom. The molecular formula is C13H15N3O3S. The minimum atomic E-state index is -2.90. The van der Waals surface area contributed by atoms with E-state index in [9.17, 15) is 13.2 Å². The number of amides is 1. The number of benzene rings is 1. The van der Waals surface area contributed by atoms with Crippen LogP contribution in [0, 0.1) is 5.92 Å². The molecule has 1 aromatic carbocycles. The van der Waals surface area contributed by atoms with Gasteiger partial charge in [0.1, 0.15) is 0 Å². The molecule has 2 heterocycles. The molecule has 0 radical (unpaired) electrons. The smallest absolute Gasteiger partial charge is 0.253 e. The molecule has 1 saturated heterocycles. The van der Waals surface area contributed by atoms with Gasteiger partial charge in [-0.05, 0) is 18.4 Å². The molecular weight excluding hydrogens is 278 g/mol.